The third-order valence-electron chi connectivity index (χ3n) is 4.37. The zero-order chi connectivity index (χ0) is 23.1. The maximum atomic E-state index is 12.8. The highest BCUT2D eigenvalue weighted by molar-refractivity contribution is 7.93. The van der Waals surface area contributed by atoms with Crippen LogP contribution in [0.3, 0.4) is 0 Å². The summed E-state index contributed by atoms with van der Waals surface area (Å²) in [5.74, 6) is 0.982. The first-order valence-corrected chi connectivity index (χ1v) is 12.8. The summed E-state index contributed by atoms with van der Waals surface area (Å²) < 4.78 is 16.5. The monoisotopic (exact) mass is 474 g/mol. The first-order chi connectivity index (χ1) is 15.3. The zero-order valence-corrected chi connectivity index (χ0v) is 19.7. The molecule has 0 spiro atoms. The largest absolute Gasteiger partial charge is 0.394 e. The SMILES string of the molecule is CCNC(=O)N=S(C)(=O)c1ccc(Nc2ncc(-c3cccs3)c(N[C@H](C)CO)n2)cc1. The summed E-state index contributed by atoms with van der Waals surface area (Å²) in [4.78, 5) is 22.1. The van der Waals surface area contributed by atoms with Gasteiger partial charge in [0.25, 0.3) is 0 Å². The molecule has 0 fully saturated rings. The summed E-state index contributed by atoms with van der Waals surface area (Å²) >= 11 is 1.58. The summed E-state index contributed by atoms with van der Waals surface area (Å²) in [6.07, 6.45) is 3.16. The molecule has 2 amide bonds. The summed E-state index contributed by atoms with van der Waals surface area (Å²) in [7, 11) is -2.85. The fourth-order valence-electron chi connectivity index (χ4n) is 2.76. The second-order valence-electron chi connectivity index (χ2n) is 7.04. The molecule has 0 saturated carbocycles. The second kappa shape index (κ2) is 10.5. The molecule has 32 heavy (non-hydrogen) atoms. The Labute approximate surface area is 191 Å². The lowest BCUT2D eigenvalue weighted by Crippen LogP contribution is -2.21. The Balaban J connectivity index is 1.83. The van der Waals surface area contributed by atoms with Gasteiger partial charge in [-0.25, -0.2) is 14.0 Å². The molecule has 2 aromatic heterocycles. The van der Waals surface area contributed by atoms with Crippen LogP contribution in [0.25, 0.3) is 10.4 Å². The van der Waals surface area contributed by atoms with Crippen molar-refractivity contribution in [1.82, 2.24) is 15.3 Å². The molecule has 3 aromatic rings. The Morgan fingerprint density at radius 2 is 2.03 bits per heavy atom. The van der Waals surface area contributed by atoms with Crippen molar-refractivity contribution in [3.63, 3.8) is 0 Å². The Bertz CT molecular complexity index is 1170. The molecule has 0 saturated heterocycles. The Hall–Kier alpha value is -3.02. The van der Waals surface area contributed by atoms with Gasteiger partial charge in [-0.05, 0) is 49.6 Å². The van der Waals surface area contributed by atoms with E-state index in [9.17, 15) is 14.1 Å². The number of hydrogen-bond acceptors (Lipinski definition) is 8. The second-order valence-corrected chi connectivity index (χ2v) is 10.2. The summed E-state index contributed by atoms with van der Waals surface area (Å²) in [5.41, 5.74) is 1.53. The quantitative estimate of drug-likeness (QED) is 0.389. The molecule has 0 aliphatic heterocycles. The molecule has 1 unspecified atom stereocenters. The molecule has 0 bridgehead atoms. The van der Waals surface area contributed by atoms with Crippen LogP contribution in [0.1, 0.15) is 13.8 Å². The number of aliphatic hydroxyl groups excluding tert-OH is 1. The van der Waals surface area contributed by atoms with E-state index in [4.69, 9.17) is 0 Å². The number of carbonyl (C=O) groups is 1. The predicted octanol–water partition coefficient (Wildman–Crippen LogP) is 3.93. The number of nitrogens with one attached hydrogen (secondary N) is 3. The number of aromatic nitrogens is 2. The van der Waals surface area contributed by atoms with Gasteiger partial charge in [0.15, 0.2) is 0 Å². The highest BCUT2D eigenvalue weighted by Crippen LogP contribution is 2.31. The third-order valence-corrected chi connectivity index (χ3v) is 6.93. The first-order valence-electron chi connectivity index (χ1n) is 9.97. The fourth-order valence-corrected chi connectivity index (χ4v) is 4.62. The van der Waals surface area contributed by atoms with Gasteiger partial charge in [0.1, 0.15) is 5.82 Å². The number of hydrogen-bond donors (Lipinski definition) is 4. The van der Waals surface area contributed by atoms with E-state index in [1.54, 1.807) is 48.7 Å². The van der Waals surface area contributed by atoms with Gasteiger partial charge in [0.2, 0.25) is 5.95 Å². The Morgan fingerprint density at radius 1 is 1.28 bits per heavy atom. The van der Waals surface area contributed by atoms with Crippen molar-refractivity contribution in [3.8, 4) is 10.4 Å². The number of amides is 2. The average Bonchev–Trinajstić information content (AvgIpc) is 3.28. The molecule has 2 heterocycles. The minimum absolute atomic E-state index is 0.0320. The molecule has 3 rings (SSSR count). The lowest BCUT2D eigenvalue weighted by Gasteiger charge is -2.16. The van der Waals surface area contributed by atoms with E-state index in [0.29, 0.717) is 28.9 Å². The Morgan fingerprint density at radius 3 is 2.66 bits per heavy atom. The number of thiophene rings is 1. The number of aliphatic hydroxyl groups is 1. The normalized spacial score (nSPS) is 13.6. The highest BCUT2D eigenvalue weighted by Gasteiger charge is 2.13. The van der Waals surface area contributed by atoms with Crippen molar-refractivity contribution in [3.05, 3.63) is 48.0 Å². The summed E-state index contributed by atoms with van der Waals surface area (Å²) in [6, 6.07) is 9.92. The molecule has 2 atom stereocenters. The molecule has 170 valence electrons. The third kappa shape index (κ3) is 6.02. The van der Waals surface area contributed by atoms with E-state index < -0.39 is 15.8 Å². The Kier molecular flexibility index (Phi) is 7.78. The smallest absolute Gasteiger partial charge is 0.349 e. The van der Waals surface area contributed by atoms with E-state index in [1.165, 1.54) is 6.26 Å². The number of urea groups is 1. The van der Waals surface area contributed by atoms with Crippen LogP contribution in [0.2, 0.25) is 0 Å². The van der Waals surface area contributed by atoms with Crippen LogP contribution in [0, 0.1) is 0 Å². The topological polar surface area (TPSA) is 129 Å². The van der Waals surface area contributed by atoms with Gasteiger partial charge >= 0.3 is 6.03 Å². The minimum atomic E-state index is -2.85. The summed E-state index contributed by atoms with van der Waals surface area (Å²) in [6.45, 7) is 4.02. The maximum absolute atomic E-state index is 12.8. The van der Waals surface area contributed by atoms with Crippen LogP contribution in [0.5, 0.6) is 0 Å². The van der Waals surface area contributed by atoms with Crippen molar-refractivity contribution in [2.24, 2.45) is 4.36 Å². The van der Waals surface area contributed by atoms with Crippen molar-refractivity contribution < 1.29 is 14.1 Å². The van der Waals surface area contributed by atoms with Gasteiger partial charge < -0.3 is 21.1 Å². The van der Waals surface area contributed by atoms with Crippen molar-refractivity contribution in [2.75, 3.05) is 30.0 Å². The van der Waals surface area contributed by atoms with E-state index in [-0.39, 0.29) is 12.6 Å². The molecular weight excluding hydrogens is 448 g/mol. The van der Waals surface area contributed by atoms with E-state index >= 15 is 0 Å². The van der Waals surface area contributed by atoms with Crippen LogP contribution in [-0.2, 0) is 9.73 Å². The van der Waals surface area contributed by atoms with Gasteiger partial charge in [-0.3, -0.25) is 0 Å². The number of carbonyl (C=O) groups excluding carboxylic acids is 1. The van der Waals surface area contributed by atoms with Crippen LogP contribution in [0.4, 0.5) is 22.2 Å². The van der Waals surface area contributed by atoms with Crippen LogP contribution < -0.4 is 16.0 Å². The lowest BCUT2D eigenvalue weighted by molar-refractivity contribution is 0.250. The van der Waals surface area contributed by atoms with Gasteiger partial charge in [0.05, 0.1) is 21.9 Å². The highest BCUT2D eigenvalue weighted by atomic mass is 32.2. The van der Waals surface area contributed by atoms with Gasteiger partial charge in [0, 0.05) is 40.5 Å². The molecule has 0 aliphatic carbocycles. The van der Waals surface area contributed by atoms with Crippen LogP contribution in [-0.4, -0.2) is 50.8 Å². The van der Waals surface area contributed by atoms with Crippen molar-refractivity contribution >= 4 is 44.6 Å². The van der Waals surface area contributed by atoms with Gasteiger partial charge in [-0.15, -0.1) is 15.7 Å². The van der Waals surface area contributed by atoms with E-state index in [0.717, 1.165) is 10.4 Å². The molecule has 0 aliphatic rings. The molecule has 1 aromatic carbocycles. The standard InChI is InChI=1S/C21H26N6O3S2/c1-4-22-21(29)27-32(3,30)16-9-7-15(8-10-16)25-20-23-12-17(18-6-5-11-31-18)19(26-20)24-14(2)13-28/h5-12,14,28H,4,13H2,1-3H3,(H,22,29)(H2,23,24,25,26)/t14-,32?/m1/s1. The fraction of sp³-hybridized carbons (Fsp3) is 0.286. The minimum Gasteiger partial charge on any atom is -0.394 e. The van der Waals surface area contributed by atoms with Crippen molar-refractivity contribution in [1.29, 1.82) is 0 Å². The summed E-state index contributed by atoms with van der Waals surface area (Å²) in [5, 5.41) is 20.3. The van der Waals surface area contributed by atoms with Gasteiger partial charge in [-0.1, -0.05) is 6.07 Å². The number of rotatable bonds is 8. The zero-order valence-electron chi connectivity index (χ0n) is 18.0. The van der Waals surface area contributed by atoms with Gasteiger partial charge in [-0.2, -0.15) is 4.98 Å². The predicted molar refractivity (Wildman–Crippen MR) is 129 cm³/mol. The van der Waals surface area contributed by atoms with Crippen LogP contribution in [0.15, 0.2) is 57.2 Å². The number of nitrogens with zero attached hydrogens (tertiary/aromatic N) is 3. The van der Waals surface area contributed by atoms with Crippen LogP contribution >= 0.6 is 11.3 Å². The molecular formula is C21H26N6O3S2. The van der Waals surface area contributed by atoms with E-state index in [1.807, 2.05) is 24.4 Å². The van der Waals surface area contributed by atoms with E-state index in [2.05, 4.69) is 30.3 Å². The molecule has 11 heteroatoms. The number of anilines is 3. The number of benzene rings is 1. The molecule has 4 N–H and O–H groups in total. The van der Waals surface area contributed by atoms with Crippen molar-refractivity contribution in [2.45, 2.75) is 24.8 Å². The molecule has 9 nitrogen and oxygen atoms in total. The molecule has 0 radical (unpaired) electrons. The lowest BCUT2D eigenvalue weighted by atomic mass is 10.2. The maximum Gasteiger partial charge on any atom is 0.349 e. The average molecular weight is 475 g/mol. The first kappa shape index (κ1) is 23.6.